The fraction of sp³-hybridized carbons (Fsp3) is 1.00. The molecule has 1 aliphatic heterocycles. The van der Waals surface area contributed by atoms with Crippen molar-refractivity contribution >= 4 is 0 Å². The molecule has 11 heavy (non-hydrogen) atoms. The molecule has 1 saturated heterocycles. The van der Waals surface area contributed by atoms with Gasteiger partial charge >= 0.3 is 0 Å². The molecule has 0 bridgehead atoms. The Bertz CT molecular complexity index is 132. The van der Waals surface area contributed by atoms with Gasteiger partial charge in [-0.05, 0) is 5.92 Å². The van der Waals surface area contributed by atoms with Crippen molar-refractivity contribution in [3.05, 3.63) is 0 Å². The Morgan fingerprint density at radius 2 is 2.09 bits per heavy atom. The molecule has 0 atom stereocenters. The molecule has 1 rings (SSSR count). The Balaban J connectivity index is 2.21. The molecule has 1 fully saturated rings. The van der Waals surface area contributed by atoms with Gasteiger partial charge in [-0.15, -0.1) is 0 Å². The van der Waals surface area contributed by atoms with Gasteiger partial charge < -0.3 is 5.73 Å². The summed E-state index contributed by atoms with van der Waals surface area (Å²) in [7, 11) is 0. The first-order valence-electron chi connectivity index (χ1n) is 3.84. The van der Waals surface area contributed by atoms with Crippen molar-refractivity contribution < 1.29 is 8.78 Å². The van der Waals surface area contributed by atoms with Gasteiger partial charge in [0, 0.05) is 13.1 Å². The lowest BCUT2D eigenvalue weighted by Crippen LogP contribution is -2.52. The average Bonchev–Trinajstić information content (AvgIpc) is 1.84. The average molecular weight is 164 g/mol. The van der Waals surface area contributed by atoms with Crippen LogP contribution < -0.4 is 5.73 Å². The van der Waals surface area contributed by atoms with Gasteiger partial charge in [0.25, 0.3) is 5.92 Å². The normalized spacial score (nSPS) is 21.8. The van der Waals surface area contributed by atoms with Gasteiger partial charge in [0.1, 0.15) is 0 Å². The number of rotatable bonds is 3. The maximum absolute atomic E-state index is 12.6. The highest BCUT2D eigenvalue weighted by Crippen LogP contribution is 2.20. The van der Waals surface area contributed by atoms with Crippen molar-refractivity contribution in [2.45, 2.75) is 12.8 Å². The van der Waals surface area contributed by atoms with Crippen LogP contribution in [-0.4, -0.2) is 37.0 Å². The molecule has 2 N–H and O–H groups in total. The molecular weight excluding hydrogens is 150 g/mol. The molecule has 66 valence electrons. The van der Waals surface area contributed by atoms with Crippen molar-refractivity contribution in [3.63, 3.8) is 0 Å². The van der Waals surface area contributed by atoms with Crippen molar-refractivity contribution in [2.75, 3.05) is 26.2 Å². The number of alkyl halides is 2. The lowest BCUT2D eigenvalue weighted by molar-refractivity contribution is -0.0503. The van der Waals surface area contributed by atoms with Crippen molar-refractivity contribution in [1.82, 2.24) is 4.90 Å². The van der Waals surface area contributed by atoms with E-state index in [1.165, 1.54) is 0 Å². The van der Waals surface area contributed by atoms with Gasteiger partial charge in [0.05, 0.1) is 13.1 Å². The zero-order valence-electron chi connectivity index (χ0n) is 6.69. The zero-order chi connectivity index (χ0) is 8.48. The maximum atomic E-state index is 12.6. The van der Waals surface area contributed by atoms with E-state index in [-0.39, 0.29) is 6.54 Å². The first kappa shape index (κ1) is 8.87. The molecule has 2 nitrogen and oxygen atoms in total. The van der Waals surface area contributed by atoms with Crippen LogP contribution in [0.1, 0.15) is 6.92 Å². The molecule has 0 radical (unpaired) electrons. The molecule has 0 saturated carbocycles. The smallest absolute Gasteiger partial charge is 0.272 e. The molecule has 0 spiro atoms. The van der Waals surface area contributed by atoms with Gasteiger partial charge in [-0.2, -0.15) is 0 Å². The van der Waals surface area contributed by atoms with Crippen LogP contribution in [0, 0.1) is 5.92 Å². The predicted octanol–water partition coefficient (Wildman–Crippen LogP) is 0.532. The Morgan fingerprint density at radius 3 is 2.45 bits per heavy atom. The first-order chi connectivity index (χ1) is 5.03. The van der Waals surface area contributed by atoms with E-state index in [0.717, 1.165) is 13.1 Å². The monoisotopic (exact) mass is 164 g/mol. The third-order valence-electron chi connectivity index (χ3n) is 1.89. The number of nitrogens with zero attached hydrogens (tertiary/aromatic N) is 1. The van der Waals surface area contributed by atoms with Crippen LogP contribution in [0.2, 0.25) is 0 Å². The second kappa shape index (κ2) is 3.03. The van der Waals surface area contributed by atoms with Gasteiger partial charge in [-0.3, -0.25) is 4.90 Å². The second-order valence-corrected chi connectivity index (χ2v) is 3.36. The minimum atomic E-state index is -2.69. The van der Waals surface area contributed by atoms with Crippen LogP contribution in [0.15, 0.2) is 0 Å². The summed E-state index contributed by atoms with van der Waals surface area (Å²) in [5.41, 5.74) is 4.89. The number of likely N-dealkylation sites (tertiary alicyclic amines) is 1. The summed E-state index contributed by atoms with van der Waals surface area (Å²) in [6.07, 6.45) is 0. The number of hydrogen-bond donors (Lipinski definition) is 1. The highest BCUT2D eigenvalue weighted by atomic mass is 19.3. The molecule has 0 aliphatic carbocycles. The van der Waals surface area contributed by atoms with Gasteiger partial charge in [0.2, 0.25) is 0 Å². The second-order valence-electron chi connectivity index (χ2n) is 3.36. The van der Waals surface area contributed by atoms with Crippen LogP contribution in [-0.2, 0) is 0 Å². The minimum Gasteiger partial charge on any atom is -0.325 e. The Morgan fingerprint density at radius 1 is 1.55 bits per heavy atom. The predicted molar refractivity (Wildman–Crippen MR) is 39.6 cm³/mol. The molecule has 0 aromatic heterocycles. The lowest BCUT2D eigenvalue weighted by atomic mass is 10.0. The Labute approximate surface area is 65.4 Å². The van der Waals surface area contributed by atoms with Gasteiger partial charge in [-0.25, -0.2) is 8.78 Å². The summed E-state index contributed by atoms with van der Waals surface area (Å²) in [6, 6.07) is 0. The number of nitrogens with two attached hydrogens (primary N) is 1. The lowest BCUT2D eigenvalue weighted by Gasteiger charge is -2.38. The summed E-state index contributed by atoms with van der Waals surface area (Å²) in [4.78, 5) is 1.73. The summed E-state index contributed by atoms with van der Waals surface area (Å²) in [6.45, 7) is 2.91. The molecule has 0 amide bonds. The van der Waals surface area contributed by atoms with Crippen LogP contribution in [0.5, 0.6) is 0 Å². The Hall–Kier alpha value is -0.220. The quantitative estimate of drug-likeness (QED) is 0.659. The topological polar surface area (TPSA) is 29.3 Å². The van der Waals surface area contributed by atoms with Gasteiger partial charge in [-0.1, -0.05) is 6.92 Å². The fourth-order valence-electron chi connectivity index (χ4n) is 1.35. The van der Waals surface area contributed by atoms with E-state index in [2.05, 4.69) is 6.92 Å². The van der Waals surface area contributed by atoms with E-state index in [1.54, 1.807) is 4.90 Å². The third-order valence-corrected chi connectivity index (χ3v) is 1.89. The van der Waals surface area contributed by atoms with Crippen LogP contribution in [0.3, 0.4) is 0 Å². The van der Waals surface area contributed by atoms with Crippen LogP contribution in [0.25, 0.3) is 0 Å². The van der Waals surface area contributed by atoms with Crippen molar-refractivity contribution in [1.29, 1.82) is 0 Å². The molecule has 0 aromatic carbocycles. The molecule has 1 aliphatic rings. The minimum absolute atomic E-state index is 0.173. The van der Waals surface area contributed by atoms with Crippen LogP contribution >= 0.6 is 0 Å². The number of halogens is 2. The van der Waals surface area contributed by atoms with E-state index >= 15 is 0 Å². The summed E-state index contributed by atoms with van der Waals surface area (Å²) >= 11 is 0. The highest BCUT2D eigenvalue weighted by molar-refractivity contribution is 4.81. The van der Waals surface area contributed by atoms with Crippen molar-refractivity contribution in [2.24, 2.45) is 11.7 Å². The van der Waals surface area contributed by atoms with E-state index in [9.17, 15) is 8.78 Å². The molecule has 0 aromatic rings. The van der Waals surface area contributed by atoms with Crippen LogP contribution in [0.4, 0.5) is 8.78 Å². The van der Waals surface area contributed by atoms with E-state index < -0.39 is 12.5 Å². The van der Waals surface area contributed by atoms with E-state index in [4.69, 9.17) is 5.73 Å². The van der Waals surface area contributed by atoms with E-state index in [1.807, 2.05) is 0 Å². The van der Waals surface area contributed by atoms with Gasteiger partial charge in [0.15, 0.2) is 0 Å². The third kappa shape index (κ3) is 2.38. The maximum Gasteiger partial charge on any atom is 0.272 e. The molecular formula is C7H14F2N2. The van der Waals surface area contributed by atoms with Crippen molar-refractivity contribution in [3.8, 4) is 0 Å². The summed E-state index contributed by atoms with van der Waals surface area (Å²) < 4.78 is 25.2. The SMILES string of the molecule is CC1CN(CC(F)(F)CN)C1. The van der Waals surface area contributed by atoms with E-state index in [0.29, 0.717) is 5.92 Å². The molecule has 1 heterocycles. The standard InChI is InChI=1S/C7H14F2N2/c1-6-2-11(3-6)5-7(8,9)4-10/h6H,2-5,10H2,1H3. The molecule has 4 heteroatoms. The zero-order valence-corrected chi connectivity index (χ0v) is 6.69. The first-order valence-corrected chi connectivity index (χ1v) is 3.84. The molecule has 0 unspecified atom stereocenters. The number of hydrogen-bond acceptors (Lipinski definition) is 2. The fourth-order valence-corrected chi connectivity index (χ4v) is 1.35. The largest absolute Gasteiger partial charge is 0.325 e. The highest BCUT2D eigenvalue weighted by Gasteiger charge is 2.34. The summed E-state index contributed by atoms with van der Waals surface area (Å²) in [5.74, 6) is -2.12. The Kier molecular flexibility index (Phi) is 2.44. The summed E-state index contributed by atoms with van der Waals surface area (Å²) in [5, 5.41) is 0.